The summed E-state index contributed by atoms with van der Waals surface area (Å²) in [6.07, 6.45) is 1.50. The molecule has 0 spiro atoms. The molecule has 4 rings (SSSR count). The fourth-order valence-electron chi connectivity index (χ4n) is 3.26. The highest BCUT2D eigenvalue weighted by molar-refractivity contribution is 9.10. The van der Waals surface area contributed by atoms with Crippen molar-refractivity contribution in [3.05, 3.63) is 84.5 Å². The van der Waals surface area contributed by atoms with Gasteiger partial charge in [0.25, 0.3) is 5.56 Å². The molecule has 1 atom stereocenters. The van der Waals surface area contributed by atoms with Crippen LogP contribution in [0.15, 0.2) is 63.1 Å². The Kier molecular flexibility index (Phi) is 5.84. The number of benzene rings is 2. The van der Waals surface area contributed by atoms with Crippen LogP contribution in [0.5, 0.6) is 0 Å². The highest BCUT2D eigenvalue weighted by Gasteiger charge is 2.18. The molecule has 154 valence electrons. The predicted octanol–water partition coefficient (Wildman–Crippen LogP) is 5.13. The molecule has 0 aliphatic rings. The first-order valence-electron chi connectivity index (χ1n) is 9.13. The van der Waals surface area contributed by atoms with Gasteiger partial charge in [-0.15, -0.1) is 0 Å². The zero-order valence-corrected chi connectivity index (χ0v) is 18.2. The number of nitrogens with zero attached hydrogens (tertiary/aromatic N) is 3. The number of fused-ring (bicyclic) bond motifs is 1. The molecule has 0 saturated heterocycles. The zero-order valence-electron chi connectivity index (χ0n) is 15.8. The van der Waals surface area contributed by atoms with Gasteiger partial charge in [0.15, 0.2) is 0 Å². The fraction of sp³-hybridized carbons (Fsp3) is 0.0952. The topological polar surface area (TPSA) is 127 Å². The summed E-state index contributed by atoms with van der Waals surface area (Å²) in [5, 5.41) is 15.8. The van der Waals surface area contributed by atoms with Crippen LogP contribution in [0, 0.1) is 16.2 Å². The third-order valence-corrected chi connectivity index (χ3v) is 5.49. The van der Waals surface area contributed by atoms with Crippen LogP contribution in [0.3, 0.4) is 0 Å². The van der Waals surface area contributed by atoms with E-state index in [1.807, 2.05) is 30.3 Å². The minimum atomic E-state index is -0.659. The molecule has 4 aromatic rings. The first-order chi connectivity index (χ1) is 15.0. The van der Waals surface area contributed by atoms with Gasteiger partial charge in [0, 0.05) is 17.2 Å². The van der Waals surface area contributed by atoms with Crippen molar-refractivity contribution in [1.82, 2.24) is 15.0 Å². The Morgan fingerprint density at radius 3 is 2.87 bits per heavy atom. The maximum atomic E-state index is 12.6. The van der Waals surface area contributed by atoms with Crippen LogP contribution in [0.25, 0.3) is 22.4 Å². The van der Waals surface area contributed by atoms with Crippen LogP contribution in [-0.4, -0.2) is 21.5 Å². The van der Waals surface area contributed by atoms with Gasteiger partial charge in [0.05, 0.1) is 27.9 Å². The fourth-order valence-corrected chi connectivity index (χ4v) is 3.93. The van der Waals surface area contributed by atoms with E-state index < -0.39 is 6.04 Å². The van der Waals surface area contributed by atoms with Crippen molar-refractivity contribution in [2.45, 2.75) is 6.04 Å². The van der Waals surface area contributed by atoms with Crippen molar-refractivity contribution in [2.24, 2.45) is 5.18 Å². The number of hydrogen-bond acceptors (Lipinski definition) is 6. The summed E-state index contributed by atoms with van der Waals surface area (Å²) in [5.74, 6) is 0.286. The van der Waals surface area contributed by atoms with E-state index in [1.165, 1.54) is 12.3 Å². The van der Waals surface area contributed by atoms with Gasteiger partial charge in [-0.05, 0) is 35.9 Å². The second kappa shape index (κ2) is 8.71. The van der Waals surface area contributed by atoms with Gasteiger partial charge in [-0.2, -0.15) is 10.2 Å². The maximum Gasteiger partial charge on any atom is 0.261 e. The monoisotopic (exact) mass is 496 g/mol. The molecule has 2 aromatic carbocycles. The van der Waals surface area contributed by atoms with E-state index in [4.69, 9.17) is 16.9 Å². The summed E-state index contributed by atoms with van der Waals surface area (Å²) in [4.78, 5) is 34.2. The SMILES string of the molecule is N#Cc1cc(Cl)c2nc(-c3c(NCC(N=O)c4cccc(Br)c4)cc[nH]c3=O)[nH]c2c1. The van der Waals surface area contributed by atoms with Gasteiger partial charge in [0.1, 0.15) is 22.9 Å². The molecule has 3 N–H and O–H groups in total. The normalized spacial score (nSPS) is 11.8. The van der Waals surface area contributed by atoms with Crippen LogP contribution in [0.2, 0.25) is 5.02 Å². The summed E-state index contributed by atoms with van der Waals surface area (Å²) in [6, 6.07) is 13.5. The van der Waals surface area contributed by atoms with E-state index in [9.17, 15) is 9.70 Å². The van der Waals surface area contributed by atoms with E-state index in [0.29, 0.717) is 27.3 Å². The van der Waals surface area contributed by atoms with Crippen molar-refractivity contribution in [3.8, 4) is 17.5 Å². The average Bonchev–Trinajstić information content (AvgIpc) is 3.18. The Balaban J connectivity index is 1.70. The number of pyridine rings is 1. The van der Waals surface area contributed by atoms with Crippen molar-refractivity contribution >= 4 is 44.3 Å². The Morgan fingerprint density at radius 2 is 2.13 bits per heavy atom. The summed E-state index contributed by atoms with van der Waals surface area (Å²) in [5.41, 5.74) is 2.46. The number of imidazole rings is 1. The molecule has 0 saturated carbocycles. The standard InChI is InChI=1S/C21H14BrClN6O2/c22-13-3-1-2-12(8-13)17(29-31)10-26-15-4-5-25-21(30)18(15)20-27-16-7-11(9-24)6-14(23)19(16)28-20/h1-8,17H,10H2,(H,27,28)(H2,25,26,30). The minimum Gasteiger partial charge on any atom is -0.382 e. The van der Waals surface area contributed by atoms with Crippen molar-refractivity contribution in [3.63, 3.8) is 0 Å². The molecule has 1 unspecified atom stereocenters. The third-order valence-electron chi connectivity index (χ3n) is 4.71. The van der Waals surface area contributed by atoms with Gasteiger partial charge >= 0.3 is 0 Å². The summed E-state index contributed by atoms with van der Waals surface area (Å²) in [7, 11) is 0. The quantitative estimate of drug-likeness (QED) is 0.318. The largest absolute Gasteiger partial charge is 0.382 e. The lowest BCUT2D eigenvalue weighted by Gasteiger charge is -2.14. The van der Waals surface area contributed by atoms with Crippen LogP contribution in [0.1, 0.15) is 17.2 Å². The molecule has 2 heterocycles. The Morgan fingerprint density at radius 1 is 1.29 bits per heavy atom. The average molecular weight is 498 g/mol. The van der Waals surface area contributed by atoms with Gasteiger partial charge in [-0.1, -0.05) is 44.8 Å². The molecule has 0 bridgehead atoms. The molecule has 0 fully saturated rings. The molecule has 0 aliphatic carbocycles. The predicted molar refractivity (Wildman–Crippen MR) is 123 cm³/mol. The highest BCUT2D eigenvalue weighted by Crippen LogP contribution is 2.29. The number of aromatic amines is 2. The molecule has 0 aliphatic heterocycles. The number of nitroso groups, excluding NO2 is 1. The highest BCUT2D eigenvalue weighted by atomic mass is 79.9. The second-order valence-electron chi connectivity index (χ2n) is 6.70. The number of halogens is 2. The zero-order chi connectivity index (χ0) is 22.0. The van der Waals surface area contributed by atoms with Crippen molar-refractivity contribution in [1.29, 1.82) is 5.26 Å². The number of rotatable bonds is 6. The molecule has 10 heteroatoms. The molecule has 0 amide bonds. The molecule has 0 radical (unpaired) electrons. The summed E-state index contributed by atoms with van der Waals surface area (Å²) >= 11 is 9.62. The van der Waals surface area contributed by atoms with Crippen LogP contribution >= 0.6 is 27.5 Å². The molecular weight excluding hydrogens is 484 g/mol. The number of H-pyrrole nitrogens is 2. The Labute approximate surface area is 189 Å². The van der Waals surface area contributed by atoms with E-state index >= 15 is 0 Å². The number of hydrogen-bond donors (Lipinski definition) is 3. The van der Waals surface area contributed by atoms with E-state index in [1.54, 1.807) is 12.1 Å². The molecule has 31 heavy (non-hydrogen) atoms. The van der Waals surface area contributed by atoms with E-state index in [-0.39, 0.29) is 23.5 Å². The first kappa shape index (κ1) is 20.8. The lowest BCUT2D eigenvalue weighted by Crippen LogP contribution is -2.16. The number of nitriles is 1. The molecular formula is C21H14BrClN6O2. The molecule has 8 nitrogen and oxygen atoms in total. The number of aromatic nitrogens is 3. The Hall–Kier alpha value is -3.48. The first-order valence-corrected chi connectivity index (χ1v) is 10.3. The van der Waals surface area contributed by atoms with Gasteiger partial charge in [0.2, 0.25) is 0 Å². The lowest BCUT2D eigenvalue weighted by atomic mass is 10.1. The van der Waals surface area contributed by atoms with Gasteiger partial charge < -0.3 is 15.3 Å². The Bertz CT molecular complexity index is 1390. The van der Waals surface area contributed by atoms with Crippen LogP contribution < -0.4 is 10.9 Å². The summed E-state index contributed by atoms with van der Waals surface area (Å²) < 4.78 is 0.839. The third kappa shape index (κ3) is 4.21. The van der Waals surface area contributed by atoms with Crippen molar-refractivity contribution in [2.75, 3.05) is 11.9 Å². The van der Waals surface area contributed by atoms with E-state index in [2.05, 4.69) is 41.4 Å². The summed E-state index contributed by atoms with van der Waals surface area (Å²) in [6.45, 7) is 0.177. The maximum absolute atomic E-state index is 12.6. The van der Waals surface area contributed by atoms with E-state index in [0.717, 1.165) is 10.0 Å². The smallest absolute Gasteiger partial charge is 0.261 e. The van der Waals surface area contributed by atoms with Crippen LogP contribution in [0.4, 0.5) is 5.69 Å². The van der Waals surface area contributed by atoms with Gasteiger partial charge in [-0.3, -0.25) is 4.79 Å². The van der Waals surface area contributed by atoms with Crippen LogP contribution in [-0.2, 0) is 0 Å². The van der Waals surface area contributed by atoms with Gasteiger partial charge in [-0.25, -0.2) is 4.98 Å². The minimum absolute atomic E-state index is 0.177. The second-order valence-corrected chi connectivity index (χ2v) is 8.03. The number of nitrogens with one attached hydrogen (secondary N) is 3. The number of anilines is 1. The lowest BCUT2D eigenvalue weighted by molar-refractivity contribution is 0.759. The van der Waals surface area contributed by atoms with Crippen molar-refractivity contribution < 1.29 is 0 Å². The molecule has 2 aromatic heterocycles.